The van der Waals surface area contributed by atoms with Crippen molar-refractivity contribution in [2.75, 3.05) is 6.67 Å². The van der Waals surface area contributed by atoms with Gasteiger partial charge in [-0.15, -0.1) is 0 Å². The van der Waals surface area contributed by atoms with Crippen LogP contribution in [0.5, 0.6) is 5.75 Å². The number of benzene rings is 1. The van der Waals surface area contributed by atoms with E-state index in [2.05, 4.69) is 0 Å². The van der Waals surface area contributed by atoms with E-state index in [1.54, 1.807) is 0 Å². The Hall–Kier alpha value is -0.510. The first-order valence-electron chi connectivity index (χ1n) is 4.05. The molecule has 0 bridgehead atoms. The lowest BCUT2D eigenvalue weighted by Gasteiger charge is -2.11. The van der Waals surface area contributed by atoms with Crippen molar-refractivity contribution < 1.29 is 9.50 Å². The third kappa shape index (κ3) is 2.50. The number of alkyl halides is 1. The number of hydrogen-bond donors (Lipinski definition) is 2. The summed E-state index contributed by atoms with van der Waals surface area (Å²) in [5.74, 6) is -0.176. The molecule has 1 rings (SSSR count). The SMILES string of the molecule is N[C@H](CCF)c1cc(Cl)c(O)c(Cl)c1. The van der Waals surface area contributed by atoms with Crippen molar-refractivity contribution in [3.05, 3.63) is 27.7 Å². The van der Waals surface area contributed by atoms with Crippen LogP contribution in [0.2, 0.25) is 10.0 Å². The zero-order chi connectivity index (χ0) is 10.7. The summed E-state index contributed by atoms with van der Waals surface area (Å²) in [6.07, 6.45) is 0.206. The van der Waals surface area contributed by atoms with Gasteiger partial charge >= 0.3 is 0 Å². The zero-order valence-electron chi connectivity index (χ0n) is 7.30. The minimum atomic E-state index is -0.503. The van der Waals surface area contributed by atoms with Gasteiger partial charge in [0.15, 0.2) is 5.75 Å². The average molecular weight is 238 g/mol. The van der Waals surface area contributed by atoms with Crippen LogP contribution in [0.15, 0.2) is 12.1 Å². The van der Waals surface area contributed by atoms with Gasteiger partial charge in [0.25, 0.3) is 0 Å². The highest BCUT2D eigenvalue weighted by atomic mass is 35.5. The molecular weight excluding hydrogens is 228 g/mol. The fourth-order valence-electron chi connectivity index (χ4n) is 1.08. The minimum absolute atomic E-state index is 0.127. The molecule has 0 spiro atoms. The molecule has 5 heteroatoms. The standard InChI is InChI=1S/C9H10Cl2FNO/c10-6-3-5(8(13)1-2-12)4-7(11)9(6)14/h3-4,8,14H,1-2,13H2/t8-/m1/s1. The molecule has 0 aliphatic carbocycles. The summed E-state index contributed by atoms with van der Waals surface area (Å²) >= 11 is 11.4. The summed E-state index contributed by atoms with van der Waals surface area (Å²) < 4.78 is 12.0. The van der Waals surface area contributed by atoms with Gasteiger partial charge in [0, 0.05) is 6.04 Å². The summed E-state index contributed by atoms with van der Waals surface area (Å²) in [5.41, 5.74) is 6.28. The fourth-order valence-corrected chi connectivity index (χ4v) is 1.59. The molecule has 0 saturated carbocycles. The highest BCUT2D eigenvalue weighted by molar-refractivity contribution is 6.37. The van der Waals surface area contributed by atoms with Gasteiger partial charge in [0.2, 0.25) is 0 Å². The second-order valence-electron chi connectivity index (χ2n) is 2.92. The van der Waals surface area contributed by atoms with E-state index in [1.165, 1.54) is 12.1 Å². The van der Waals surface area contributed by atoms with Crippen LogP contribution in [0.3, 0.4) is 0 Å². The predicted octanol–water partition coefficient (Wildman–Crippen LogP) is 3.06. The quantitative estimate of drug-likeness (QED) is 0.849. The zero-order valence-corrected chi connectivity index (χ0v) is 8.82. The molecule has 0 aliphatic heterocycles. The van der Waals surface area contributed by atoms with E-state index >= 15 is 0 Å². The number of nitrogens with two attached hydrogens (primary N) is 1. The smallest absolute Gasteiger partial charge is 0.152 e. The molecule has 1 aromatic rings. The topological polar surface area (TPSA) is 46.2 Å². The summed E-state index contributed by atoms with van der Waals surface area (Å²) in [4.78, 5) is 0. The van der Waals surface area contributed by atoms with Gasteiger partial charge in [-0.1, -0.05) is 23.2 Å². The van der Waals surface area contributed by atoms with Crippen molar-refractivity contribution >= 4 is 23.2 Å². The summed E-state index contributed by atoms with van der Waals surface area (Å²) in [6.45, 7) is -0.503. The van der Waals surface area contributed by atoms with Gasteiger partial charge in [-0.25, -0.2) is 0 Å². The minimum Gasteiger partial charge on any atom is -0.505 e. The van der Waals surface area contributed by atoms with Crippen molar-refractivity contribution in [1.82, 2.24) is 0 Å². The predicted molar refractivity (Wildman–Crippen MR) is 55.6 cm³/mol. The molecule has 0 saturated heterocycles. The molecule has 0 fully saturated rings. The van der Waals surface area contributed by atoms with Gasteiger partial charge in [-0.05, 0) is 24.1 Å². The molecule has 0 aliphatic rings. The molecule has 1 atom stereocenters. The lowest BCUT2D eigenvalue weighted by Crippen LogP contribution is -2.10. The second-order valence-corrected chi connectivity index (χ2v) is 3.73. The van der Waals surface area contributed by atoms with Crippen molar-refractivity contribution in [3.8, 4) is 5.75 Å². The Balaban J connectivity index is 3.00. The van der Waals surface area contributed by atoms with Crippen LogP contribution in [0.25, 0.3) is 0 Å². The number of phenols is 1. The van der Waals surface area contributed by atoms with Crippen molar-refractivity contribution in [2.45, 2.75) is 12.5 Å². The average Bonchev–Trinajstić information content (AvgIpc) is 2.13. The van der Waals surface area contributed by atoms with Crippen molar-refractivity contribution in [2.24, 2.45) is 5.73 Å². The molecule has 0 radical (unpaired) electrons. The highest BCUT2D eigenvalue weighted by Gasteiger charge is 2.11. The first-order chi connectivity index (χ1) is 6.56. The molecule has 1 aromatic carbocycles. The largest absolute Gasteiger partial charge is 0.505 e. The van der Waals surface area contributed by atoms with Gasteiger partial charge in [0.1, 0.15) is 0 Å². The van der Waals surface area contributed by atoms with Gasteiger partial charge < -0.3 is 10.8 Å². The number of rotatable bonds is 3. The molecule has 14 heavy (non-hydrogen) atoms. The Bertz CT molecular complexity index is 310. The van der Waals surface area contributed by atoms with Crippen molar-refractivity contribution in [3.63, 3.8) is 0 Å². The Morgan fingerprint density at radius 2 is 1.86 bits per heavy atom. The molecule has 0 aromatic heterocycles. The van der Waals surface area contributed by atoms with Gasteiger partial charge in [-0.3, -0.25) is 4.39 Å². The Kier molecular flexibility index (Phi) is 3.98. The first-order valence-corrected chi connectivity index (χ1v) is 4.81. The van der Waals surface area contributed by atoms with Crippen LogP contribution in [-0.4, -0.2) is 11.8 Å². The maximum atomic E-state index is 12.0. The molecule has 0 amide bonds. The summed E-state index contributed by atoms with van der Waals surface area (Å²) in [6, 6.07) is 2.53. The van der Waals surface area contributed by atoms with Crippen molar-refractivity contribution in [1.29, 1.82) is 0 Å². The second kappa shape index (κ2) is 4.82. The van der Waals surface area contributed by atoms with Crippen LogP contribution < -0.4 is 5.73 Å². The molecule has 0 unspecified atom stereocenters. The van der Waals surface area contributed by atoms with Crippen LogP contribution in [0, 0.1) is 0 Å². The molecule has 0 heterocycles. The lowest BCUT2D eigenvalue weighted by molar-refractivity contribution is 0.441. The molecule has 2 nitrogen and oxygen atoms in total. The van der Waals surface area contributed by atoms with Gasteiger partial charge in [0.05, 0.1) is 16.7 Å². The van der Waals surface area contributed by atoms with Crippen LogP contribution in [0.4, 0.5) is 4.39 Å². The van der Waals surface area contributed by atoms with Crippen LogP contribution in [-0.2, 0) is 0 Å². The third-order valence-corrected chi connectivity index (χ3v) is 2.46. The first kappa shape index (κ1) is 11.6. The third-order valence-electron chi connectivity index (χ3n) is 1.89. The monoisotopic (exact) mass is 237 g/mol. The number of aromatic hydroxyl groups is 1. The Labute approximate surface area is 91.4 Å². The van der Waals surface area contributed by atoms with E-state index in [4.69, 9.17) is 28.9 Å². The van der Waals surface area contributed by atoms with Crippen LogP contribution >= 0.6 is 23.2 Å². The van der Waals surface area contributed by atoms with Crippen LogP contribution in [0.1, 0.15) is 18.0 Å². The molecule has 3 N–H and O–H groups in total. The number of halogens is 3. The normalized spacial score (nSPS) is 12.9. The Morgan fingerprint density at radius 3 is 2.29 bits per heavy atom. The van der Waals surface area contributed by atoms with E-state index in [9.17, 15) is 9.50 Å². The maximum absolute atomic E-state index is 12.0. The van der Waals surface area contributed by atoms with E-state index in [1.807, 2.05) is 0 Å². The highest BCUT2D eigenvalue weighted by Crippen LogP contribution is 2.34. The summed E-state index contributed by atoms with van der Waals surface area (Å²) in [7, 11) is 0. The summed E-state index contributed by atoms with van der Waals surface area (Å²) in [5, 5.41) is 9.52. The lowest BCUT2D eigenvalue weighted by atomic mass is 10.1. The van der Waals surface area contributed by atoms with E-state index in [-0.39, 0.29) is 22.2 Å². The van der Waals surface area contributed by atoms with E-state index in [0.717, 1.165) is 0 Å². The van der Waals surface area contributed by atoms with E-state index < -0.39 is 12.7 Å². The van der Waals surface area contributed by atoms with Gasteiger partial charge in [-0.2, -0.15) is 0 Å². The number of hydrogen-bond acceptors (Lipinski definition) is 2. The molecule has 78 valence electrons. The van der Waals surface area contributed by atoms with E-state index in [0.29, 0.717) is 5.56 Å². The number of phenolic OH excluding ortho intramolecular Hbond substituents is 1. The fraction of sp³-hybridized carbons (Fsp3) is 0.333. The molecular formula is C9H10Cl2FNO. The maximum Gasteiger partial charge on any atom is 0.152 e. The Morgan fingerprint density at radius 1 is 1.36 bits per heavy atom.